The molecule has 1 aromatic rings. The number of alkyl halides is 1. The van der Waals surface area contributed by atoms with Crippen LogP contribution in [0.3, 0.4) is 0 Å². The summed E-state index contributed by atoms with van der Waals surface area (Å²) in [5.74, 6) is -0.688. The largest absolute Gasteiger partial charge is 0.378 e. The number of barbiturate groups is 1. The van der Waals surface area contributed by atoms with Gasteiger partial charge in [0.25, 0.3) is 11.8 Å². The molecule has 1 aliphatic carbocycles. The van der Waals surface area contributed by atoms with E-state index in [0.29, 0.717) is 12.3 Å². The molecular weight excluding hydrogens is 414 g/mol. The Morgan fingerprint density at radius 1 is 1.03 bits per heavy atom. The summed E-state index contributed by atoms with van der Waals surface area (Å²) in [4.78, 5) is 43.6. The number of hydrogen-bond donors (Lipinski definition) is 0. The van der Waals surface area contributed by atoms with Crippen molar-refractivity contribution in [1.29, 1.82) is 0 Å². The number of urea groups is 1. The predicted molar refractivity (Wildman–Crippen MR) is 124 cm³/mol. The second kappa shape index (κ2) is 10.6. The highest BCUT2D eigenvalue weighted by Gasteiger charge is 2.44. The summed E-state index contributed by atoms with van der Waals surface area (Å²) in [6.45, 7) is 0.213. The van der Waals surface area contributed by atoms with Crippen LogP contribution in [-0.2, 0) is 9.59 Å². The van der Waals surface area contributed by atoms with Crippen LogP contribution < -0.4 is 4.90 Å². The van der Waals surface area contributed by atoms with E-state index in [-0.39, 0.29) is 18.2 Å². The molecule has 1 saturated carbocycles. The van der Waals surface area contributed by atoms with Crippen LogP contribution in [0, 0.1) is 0 Å². The number of nitrogens with zero attached hydrogens (tertiary/aromatic N) is 3. The average Bonchev–Trinajstić information content (AvgIpc) is 2.77. The number of halogens is 1. The lowest BCUT2D eigenvalue weighted by molar-refractivity contribution is -0.137. The van der Waals surface area contributed by atoms with Crippen molar-refractivity contribution in [2.75, 3.05) is 31.4 Å². The Hall–Kier alpha value is -2.60. The van der Waals surface area contributed by atoms with Crippen LogP contribution in [-0.4, -0.2) is 60.2 Å². The van der Waals surface area contributed by atoms with Gasteiger partial charge >= 0.3 is 6.03 Å². The zero-order valence-electron chi connectivity index (χ0n) is 18.2. The van der Waals surface area contributed by atoms with E-state index in [1.165, 1.54) is 15.9 Å². The van der Waals surface area contributed by atoms with Crippen LogP contribution in [0.25, 0.3) is 6.08 Å². The third kappa shape index (κ3) is 5.37. The number of carbonyl (C=O) groups excluding carboxylic acids is 3. The van der Waals surface area contributed by atoms with E-state index < -0.39 is 17.8 Å². The number of imide groups is 2. The normalized spacial score (nSPS) is 19.7. The summed E-state index contributed by atoms with van der Waals surface area (Å²) < 4.78 is 0. The molecule has 0 unspecified atom stereocenters. The second-order valence-corrected chi connectivity index (χ2v) is 8.55. The van der Waals surface area contributed by atoms with Gasteiger partial charge in [-0.05, 0) is 43.0 Å². The molecule has 2 fully saturated rings. The number of benzene rings is 1. The third-order valence-corrected chi connectivity index (χ3v) is 6.05. The van der Waals surface area contributed by atoms with E-state index in [4.69, 9.17) is 11.6 Å². The smallest absolute Gasteiger partial charge is 0.334 e. The Morgan fingerprint density at radius 3 is 2.32 bits per heavy atom. The molecule has 0 spiro atoms. The molecule has 1 saturated heterocycles. The van der Waals surface area contributed by atoms with E-state index in [0.717, 1.165) is 43.4 Å². The molecule has 1 aromatic carbocycles. The fourth-order valence-electron chi connectivity index (χ4n) is 4.03. The second-order valence-electron chi connectivity index (χ2n) is 8.17. The van der Waals surface area contributed by atoms with Gasteiger partial charge in [-0.25, -0.2) is 4.79 Å². The highest BCUT2D eigenvalue weighted by molar-refractivity contribution is 6.29. The lowest BCUT2D eigenvalue weighted by Crippen LogP contribution is -2.59. The summed E-state index contributed by atoms with van der Waals surface area (Å²) in [5.41, 5.74) is 2.07. The minimum Gasteiger partial charge on any atom is -0.378 e. The van der Waals surface area contributed by atoms with Crippen LogP contribution in [0.5, 0.6) is 0 Å². The molecule has 0 bridgehead atoms. The Kier molecular flexibility index (Phi) is 7.91. The fraction of sp³-hybridized carbons (Fsp3) is 0.458. The average molecular weight is 444 g/mol. The third-order valence-electron chi connectivity index (χ3n) is 5.78. The minimum atomic E-state index is -0.542. The van der Waals surface area contributed by atoms with Crippen molar-refractivity contribution in [3.05, 3.63) is 47.6 Å². The Balaban J connectivity index is 1.85. The Labute approximate surface area is 189 Å². The molecule has 166 valence electrons. The predicted octanol–water partition coefficient (Wildman–Crippen LogP) is 4.44. The first kappa shape index (κ1) is 23.1. The molecule has 31 heavy (non-hydrogen) atoms. The number of carbonyl (C=O) groups is 3. The van der Waals surface area contributed by atoms with Crippen LogP contribution in [0.2, 0.25) is 0 Å². The molecule has 0 radical (unpaired) electrons. The molecule has 3 rings (SSSR count). The van der Waals surface area contributed by atoms with Gasteiger partial charge in [0, 0.05) is 38.2 Å². The quantitative estimate of drug-likeness (QED) is 0.355. The fourth-order valence-corrected chi connectivity index (χ4v) is 4.15. The first-order valence-corrected chi connectivity index (χ1v) is 11.4. The SMILES string of the molecule is CN(C)c1ccc(C=CC=C2C(=O)N(CCCCl)C(=O)N(C3CCCCC3)C2=O)cc1. The molecular formula is C24H30ClN3O3. The Bertz CT molecular complexity index is 871. The van der Waals surface area contributed by atoms with E-state index >= 15 is 0 Å². The van der Waals surface area contributed by atoms with Gasteiger partial charge in [0.1, 0.15) is 5.57 Å². The molecule has 4 amide bonds. The summed E-state index contributed by atoms with van der Waals surface area (Å²) in [5, 5.41) is 0. The summed E-state index contributed by atoms with van der Waals surface area (Å²) >= 11 is 5.79. The number of anilines is 1. The maximum atomic E-state index is 13.2. The van der Waals surface area contributed by atoms with E-state index in [9.17, 15) is 14.4 Å². The number of rotatable bonds is 7. The molecule has 1 aliphatic heterocycles. The highest BCUT2D eigenvalue weighted by Crippen LogP contribution is 2.28. The van der Waals surface area contributed by atoms with Gasteiger partial charge in [-0.15, -0.1) is 11.6 Å². The topological polar surface area (TPSA) is 60.9 Å². The van der Waals surface area contributed by atoms with Gasteiger partial charge in [-0.1, -0.05) is 43.5 Å². The highest BCUT2D eigenvalue weighted by atomic mass is 35.5. The first-order valence-electron chi connectivity index (χ1n) is 10.8. The molecule has 6 nitrogen and oxygen atoms in total. The van der Waals surface area contributed by atoms with Crippen LogP contribution >= 0.6 is 11.6 Å². The first-order chi connectivity index (χ1) is 14.9. The van der Waals surface area contributed by atoms with Crippen molar-refractivity contribution >= 4 is 41.2 Å². The van der Waals surface area contributed by atoms with Gasteiger partial charge < -0.3 is 4.90 Å². The van der Waals surface area contributed by atoms with E-state index in [1.807, 2.05) is 49.3 Å². The van der Waals surface area contributed by atoms with Crippen molar-refractivity contribution in [2.45, 2.75) is 44.6 Å². The van der Waals surface area contributed by atoms with Crippen molar-refractivity contribution in [3.63, 3.8) is 0 Å². The molecule has 7 heteroatoms. The number of amides is 4. The maximum Gasteiger partial charge on any atom is 0.334 e. The minimum absolute atomic E-state index is 0.0286. The van der Waals surface area contributed by atoms with Crippen molar-refractivity contribution < 1.29 is 14.4 Å². The Morgan fingerprint density at radius 2 is 1.71 bits per heavy atom. The van der Waals surface area contributed by atoms with Crippen molar-refractivity contribution in [1.82, 2.24) is 9.80 Å². The summed E-state index contributed by atoms with van der Waals surface area (Å²) in [6, 6.07) is 7.29. The number of hydrogen-bond acceptors (Lipinski definition) is 4. The maximum absolute atomic E-state index is 13.2. The van der Waals surface area contributed by atoms with Gasteiger partial charge in [0.2, 0.25) is 0 Å². The van der Waals surface area contributed by atoms with Gasteiger partial charge in [-0.2, -0.15) is 0 Å². The molecule has 1 heterocycles. The lowest BCUT2D eigenvalue weighted by atomic mass is 9.93. The van der Waals surface area contributed by atoms with Crippen molar-refractivity contribution in [2.24, 2.45) is 0 Å². The van der Waals surface area contributed by atoms with E-state index in [2.05, 4.69) is 0 Å². The summed E-state index contributed by atoms with van der Waals surface area (Å²) in [6.07, 6.45) is 10.2. The van der Waals surface area contributed by atoms with Crippen LogP contribution in [0.4, 0.5) is 10.5 Å². The standard InChI is InChI=1S/C24H30ClN3O3/c1-26(2)19-14-12-18(13-15-19)8-6-11-21-22(29)27(17-7-16-25)24(31)28(23(21)30)20-9-4-3-5-10-20/h6,8,11-15,20H,3-5,7,9-10,16-17H2,1-2H3. The zero-order chi connectivity index (χ0) is 22.4. The molecule has 0 N–H and O–H groups in total. The van der Waals surface area contributed by atoms with Crippen LogP contribution in [0.15, 0.2) is 42.0 Å². The molecule has 2 aliphatic rings. The number of allylic oxidation sites excluding steroid dienone is 2. The van der Waals surface area contributed by atoms with Crippen molar-refractivity contribution in [3.8, 4) is 0 Å². The monoisotopic (exact) mass is 443 g/mol. The summed E-state index contributed by atoms with van der Waals surface area (Å²) in [7, 11) is 3.95. The lowest BCUT2D eigenvalue weighted by Gasteiger charge is -2.39. The van der Waals surface area contributed by atoms with Gasteiger partial charge in [0.05, 0.1) is 0 Å². The van der Waals surface area contributed by atoms with Crippen LogP contribution in [0.1, 0.15) is 44.1 Å². The zero-order valence-corrected chi connectivity index (χ0v) is 19.0. The van der Waals surface area contributed by atoms with Gasteiger partial charge in [0.15, 0.2) is 0 Å². The molecule has 0 atom stereocenters. The van der Waals surface area contributed by atoms with E-state index in [1.54, 1.807) is 6.08 Å². The molecule has 0 aromatic heterocycles. The van der Waals surface area contributed by atoms with Gasteiger partial charge in [-0.3, -0.25) is 19.4 Å².